The second kappa shape index (κ2) is 6.83. The lowest BCUT2D eigenvalue weighted by molar-refractivity contribution is 0.0699. The largest absolute Gasteiger partial charge is 0.384 e. The number of nitrogens with one attached hydrogen (secondary N) is 1. The monoisotopic (exact) mass is 286 g/mol. The lowest BCUT2D eigenvalue weighted by Gasteiger charge is -2.44. The molecule has 0 amide bonds. The van der Waals surface area contributed by atoms with Crippen LogP contribution < -0.4 is 5.32 Å². The predicted octanol–water partition coefficient (Wildman–Crippen LogP) is 4.45. The van der Waals surface area contributed by atoms with Crippen LogP contribution in [-0.2, 0) is 0 Å². The Balaban J connectivity index is 1.38. The first-order chi connectivity index (χ1) is 10.3. The van der Waals surface area contributed by atoms with Gasteiger partial charge in [-0.15, -0.1) is 0 Å². The molecule has 2 heteroatoms. The smallest absolute Gasteiger partial charge is 0.0340 e. The molecule has 2 fully saturated rings. The van der Waals surface area contributed by atoms with E-state index in [1.807, 2.05) is 0 Å². The number of hydrogen-bond donors (Lipinski definition) is 1. The van der Waals surface area contributed by atoms with Gasteiger partial charge in [0.2, 0.25) is 0 Å². The maximum absolute atomic E-state index is 3.55. The van der Waals surface area contributed by atoms with Crippen molar-refractivity contribution in [1.29, 1.82) is 0 Å². The van der Waals surface area contributed by atoms with Crippen LogP contribution in [0.3, 0.4) is 0 Å². The summed E-state index contributed by atoms with van der Waals surface area (Å²) in [5.41, 5.74) is 3.31. The van der Waals surface area contributed by atoms with Crippen molar-refractivity contribution in [2.24, 2.45) is 5.41 Å². The summed E-state index contributed by atoms with van der Waals surface area (Å²) in [4.78, 5) is 2.65. The quantitative estimate of drug-likeness (QED) is 0.879. The maximum Gasteiger partial charge on any atom is 0.0340 e. The van der Waals surface area contributed by atoms with E-state index >= 15 is 0 Å². The molecule has 0 aromatic heterocycles. The highest BCUT2D eigenvalue weighted by molar-refractivity contribution is 5.44. The molecule has 1 aliphatic heterocycles. The van der Waals surface area contributed by atoms with Crippen LogP contribution in [0.25, 0.3) is 0 Å². The van der Waals surface area contributed by atoms with Gasteiger partial charge in [-0.2, -0.15) is 0 Å². The predicted molar refractivity (Wildman–Crippen MR) is 90.9 cm³/mol. The fourth-order valence-electron chi connectivity index (χ4n) is 4.08. The summed E-state index contributed by atoms with van der Waals surface area (Å²) < 4.78 is 0. The Morgan fingerprint density at radius 1 is 0.952 bits per heavy atom. The third-order valence-electron chi connectivity index (χ3n) is 5.64. The Kier molecular flexibility index (Phi) is 4.84. The van der Waals surface area contributed by atoms with Gasteiger partial charge in [0.1, 0.15) is 0 Å². The molecule has 3 rings (SSSR count). The summed E-state index contributed by atoms with van der Waals surface area (Å²) >= 11 is 0. The highest BCUT2D eigenvalue weighted by atomic mass is 15.1. The minimum atomic E-state index is 0.735. The zero-order valence-electron chi connectivity index (χ0n) is 13.5. The standard InChI is InChI=1S/C19H30N2/c1-17-5-7-18(8-6-17)20-13-16-21-14-11-19(12-15-21)9-3-2-4-10-19/h5-8,20H,2-4,9-16H2,1H3. The zero-order chi connectivity index (χ0) is 14.5. The van der Waals surface area contributed by atoms with Crippen molar-refractivity contribution in [2.45, 2.75) is 51.9 Å². The summed E-state index contributed by atoms with van der Waals surface area (Å²) in [7, 11) is 0. The number of likely N-dealkylation sites (tertiary alicyclic amines) is 1. The minimum Gasteiger partial charge on any atom is -0.384 e. The third kappa shape index (κ3) is 4.00. The average molecular weight is 286 g/mol. The van der Waals surface area contributed by atoms with Crippen molar-refractivity contribution in [2.75, 3.05) is 31.5 Å². The van der Waals surface area contributed by atoms with Crippen LogP contribution >= 0.6 is 0 Å². The molecule has 1 aromatic rings. The van der Waals surface area contributed by atoms with Crippen molar-refractivity contribution < 1.29 is 0 Å². The van der Waals surface area contributed by atoms with E-state index in [4.69, 9.17) is 0 Å². The highest BCUT2D eigenvalue weighted by Crippen LogP contribution is 2.44. The van der Waals surface area contributed by atoms with E-state index in [1.54, 1.807) is 0 Å². The lowest BCUT2D eigenvalue weighted by Crippen LogP contribution is -2.42. The zero-order valence-corrected chi connectivity index (χ0v) is 13.5. The number of benzene rings is 1. The normalized spacial score (nSPS) is 22.3. The number of rotatable bonds is 4. The summed E-state index contributed by atoms with van der Waals surface area (Å²) in [5, 5.41) is 3.55. The molecule has 2 nitrogen and oxygen atoms in total. The van der Waals surface area contributed by atoms with Gasteiger partial charge in [0, 0.05) is 18.8 Å². The molecule has 21 heavy (non-hydrogen) atoms. The van der Waals surface area contributed by atoms with Crippen molar-refractivity contribution in [3.05, 3.63) is 29.8 Å². The fourth-order valence-corrected chi connectivity index (χ4v) is 4.08. The number of nitrogens with zero attached hydrogens (tertiary/aromatic N) is 1. The van der Waals surface area contributed by atoms with Gasteiger partial charge in [-0.3, -0.25) is 0 Å². The van der Waals surface area contributed by atoms with Crippen LogP contribution in [0.4, 0.5) is 5.69 Å². The van der Waals surface area contributed by atoms with Crippen LogP contribution in [0.5, 0.6) is 0 Å². The summed E-state index contributed by atoms with van der Waals surface area (Å²) in [6.45, 7) is 7.02. The molecule has 0 radical (unpaired) electrons. The van der Waals surface area contributed by atoms with Crippen LogP contribution in [0.1, 0.15) is 50.5 Å². The molecule has 1 saturated carbocycles. The molecule has 116 valence electrons. The summed E-state index contributed by atoms with van der Waals surface area (Å²) in [6.07, 6.45) is 10.3. The Labute approximate surface area is 129 Å². The minimum absolute atomic E-state index is 0.735. The number of aryl methyl sites for hydroxylation is 1. The van der Waals surface area contributed by atoms with Gasteiger partial charge in [0.05, 0.1) is 0 Å². The Hall–Kier alpha value is -1.02. The van der Waals surface area contributed by atoms with E-state index in [0.717, 1.165) is 12.0 Å². The molecule has 1 heterocycles. The number of piperidine rings is 1. The molecule has 1 aliphatic carbocycles. The maximum atomic E-state index is 3.55. The first kappa shape index (κ1) is 14.9. The number of anilines is 1. The van der Waals surface area contributed by atoms with Crippen molar-refractivity contribution in [1.82, 2.24) is 4.90 Å². The molecule has 1 spiro atoms. The second-order valence-corrected chi connectivity index (χ2v) is 7.20. The van der Waals surface area contributed by atoms with Crippen LogP contribution in [0.2, 0.25) is 0 Å². The van der Waals surface area contributed by atoms with E-state index in [1.165, 1.54) is 75.8 Å². The van der Waals surface area contributed by atoms with Gasteiger partial charge in [-0.1, -0.05) is 37.0 Å². The van der Waals surface area contributed by atoms with Gasteiger partial charge in [-0.05, 0) is 63.2 Å². The second-order valence-electron chi connectivity index (χ2n) is 7.20. The number of hydrogen-bond acceptors (Lipinski definition) is 2. The van der Waals surface area contributed by atoms with Crippen LogP contribution in [0, 0.1) is 12.3 Å². The van der Waals surface area contributed by atoms with E-state index in [2.05, 4.69) is 41.4 Å². The topological polar surface area (TPSA) is 15.3 Å². The van der Waals surface area contributed by atoms with E-state index in [9.17, 15) is 0 Å². The Morgan fingerprint density at radius 3 is 2.29 bits per heavy atom. The van der Waals surface area contributed by atoms with E-state index < -0.39 is 0 Å². The Morgan fingerprint density at radius 2 is 1.62 bits per heavy atom. The first-order valence-corrected chi connectivity index (χ1v) is 8.79. The SMILES string of the molecule is Cc1ccc(NCCN2CCC3(CCCCC3)CC2)cc1. The third-order valence-corrected chi connectivity index (χ3v) is 5.64. The molecule has 2 aliphatic rings. The molecule has 1 aromatic carbocycles. The molecule has 1 N–H and O–H groups in total. The summed E-state index contributed by atoms with van der Waals surface area (Å²) in [5.74, 6) is 0. The van der Waals surface area contributed by atoms with Crippen molar-refractivity contribution >= 4 is 5.69 Å². The molecule has 0 atom stereocenters. The van der Waals surface area contributed by atoms with Gasteiger partial charge in [-0.25, -0.2) is 0 Å². The van der Waals surface area contributed by atoms with Crippen molar-refractivity contribution in [3.63, 3.8) is 0 Å². The summed E-state index contributed by atoms with van der Waals surface area (Å²) in [6, 6.07) is 8.72. The van der Waals surface area contributed by atoms with Gasteiger partial charge >= 0.3 is 0 Å². The molecule has 0 bridgehead atoms. The van der Waals surface area contributed by atoms with Crippen LogP contribution in [0.15, 0.2) is 24.3 Å². The molecule has 1 saturated heterocycles. The first-order valence-electron chi connectivity index (χ1n) is 8.79. The molecular weight excluding hydrogens is 256 g/mol. The van der Waals surface area contributed by atoms with Gasteiger partial charge in [0.15, 0.2) is 0 Å². The molecule has 0 unspecified atom stereocenters. The lowest BCUT2D eigenvalue weighted by atomic mass is 9.68. The van der Waals surface area contributed by atoms with Gasteiger partial charge < -0.3 is 10.2 Å². The van der Waals surface area contributed by atoms with Crippen LogP contribution in [-0.4, -0.2) is 31.1 Å². The molecular formula is C19H30N2. The van der Waals surface area contributed by atoms with Crippen molar-refractivity contribution in [3.8, 4) is 0 Å². The van der Waals surface area contributed by atoms with E-state index in [-0.39, 0.29) is 0 Å². The van der Waals surface area contributed by atoms with Gasteiger partial charge in [0.25, 0.3) is 0 Å². The highest BCUT2D eigenvalue weighted by Gasteiger charge is 2.35. The average Bonchev–Trinajstić information content (AvgIpc) is 2.52. The van der Waals surface area contributed by atoms with E-state index in [0.29, 0.717) is 0 Å². The Bertz CT molecular complexity index is 421. The fraction of sp³-hybridized carbons (Fsp3) is 0.684.